The van der Waals surface area contributed by atoms with Crippen LogP contribution in [0.5, 0.6) is 0 Å². The minimum Gasteiger partial charge on any atom is -0.333 e. The van der Waals surface area contributed by atoms with Gasteiger partial charge in [-0.1, -0.05) is 6.07 Å². The van der Waals surface area contributed by atoms with Crippen molar-refractivity contribution in [1.82, 2.24) is 15.2 Å². The molecule has 1 aromatic carbocycles. The van der Waals surface area contributed by atoms with Crippen LogP contribution < -0.4 is 10.2 Å². The van der Waals surface area contributed by atoms with E-state index in [0.29, 0.717) is 19.6 Å². The van der Waals surface area contributed by atoms with Crippen LogP contribution in [0.3, 0.4) is 0 Å². The molecule has 7 heteroatoms. The van der Waals surface area contributed by atoms with Crippen molar-refractivity contribution in [3.63, 3.8) is 0 Å². The molecule has 2 aromatic rings. The Morgan fingerprint density at radius 3 is 2.79 bits per heavy atom. The largest absolute Gasteiger partial charge is 0.333 e. The average Bonchev–Trinajstić information content (AvgIpc) is 3.15. The first-order chi connectivity index (χ1) is 13.7. The topological polar surface area (TPSA) is 65.5 Å². The van der Waals surface area contributed by atoms with E-state index in [2.05, 4.69) is 10.3 Å². The summed E-state index contributed by atoms with van der Waals surface area (Å²) < 4.78 is 0. The summed E-state index contributed by atoms with van der Waals surface area (Å²) in [6.45, 7) is 2.56. The molecule has 146 valence electrons. The number of carbonyl (C=O) groups excluding carboxylic acids is 2. The standard InChI is InChI=1S/C21H24N4O2S/c1-28-18-6-4-17(5-7-18)25-14-16(11-20(25)26)21(27)24-10-9-23-13-19(24)15-3-2-8-22-12-15/h2-8,12,16,19,23H,9-11,13-14H2,1H3. The fraction of sp³-hybridized carbons (Fsp3) is 0.381. The Morgan fingerprint density at radius 1 is 1.25 bits per heavy atom. The lowest BCUT2D eigenvalue weighted by Crippen LogP contribution is -2.50. The molecule has 2 atom stereocenters. The number of hydrogen-bond acceptors (Lipinski definition) is 5. The van der Waals surface area contributed by atoms with Crippen molar-refractivity contribution in [2.75, 3.05) is 37.3 Å². The molecule has 2 aliphatic heterocycles. The van der Waals surface area contributed by atoms with Gasteiger partial charge in [-0.15, -0.1) is 11.8 Å². The number of nitrogens with zero attached hydrogens (tertiary/aromatic N) is 3. The number of rotatable bonds is 4. The number of aromatic nitrogens is 1. The summed E-state index contributed by atoms with van der Waals surface area (Å²) in [6, 6.07) is 11.8. The Morgan fingerprint density at radius 2 is 2.07 bits per heavy atom. The van der Waals surface area contributed by atoms with Gasteiger partial charge in [0.2, 0.25) is 11.8 Å². The van der Waals surface area contributed by atoms with Gasteiger partial charge in [0.1, 0.15) is 0 Å². The smallest absolute Gasteiger partial charge is 0.228 e. The van der Waals surface area contributed by atoms with Crippen molar-refractivity contribution in [3.05, 3.63) is 54.4 Å². The maximum Gasteiger partial charge on any atom is 0.228 e. The van der Waals surface area contributed by atoms with E-state index in [0.717, 1.165) is 22.7 Å². The highest BCUT2D eigenvalue weighted by molar-refractivity contribution is 7.98. The van der Waals surface area contributed by atoms with Gasteiger partial charge >= 0.3 is 0 Å². The maximum atomic E-state index is 13.3. The fourth-order valence-electron chi connectivity index (χ4n) is 3.96. The van der Waals surface area contributed by atoms with Crippen LogP contribution in [0.15, 0.2) is 53.7 Å². The van der Waals surface area contributed by atoms with Crippen LogP contribution in [-0.2, 0) is 9.59 Å². The zero-order valence-electron chi connectivity index (χ0n) is 15.9. The van der Waals surface area contributed by atoms with Crippen molar-refractivity contribution in [3.8, 4) is 0 Å². The molecule has 2 amide bonds. The molecule has 6 nitrogen and oxygen atoms in total. The van der Waals surface area contributed by atoms with Gasteiger partial charge in [-0.3, -0.25) is 14.6 Å². The Labute approximate surface area is 169 Å². The third kappa shape index (κ3) is 3.77. The number of benzene rings is 1. The van der Waals surface area contributed by atoms with Gasteiger partial charge in [0.05, 0.1) is 12.0 Å². The quantitative estimate of drug-likeness (QED) is 0.804. The number of carbonyl (C=O) groups is 2. The maximum absolute atomic E-state index is 13.3. The second-order valence-electron chi connectivity index (χ2n) is 7.14. The SMILES string of the molecule is CSc1ccc(N2CC(C(=O)N3CCNCC3c3cccnc3)CC2=O)cc1. The second-order valence-corrected chi connectivity index (χ2v) is 8.02. The zero-order chi connectivity index (χ0) is 19.5. The lowest BCUT2D eigenvalue weighted by atomic mass is 10.0. The van der Waals surface area contributed by atoms with Crippen molar-refractivity contribution in [1.29, 1.82) is 0 Å². The highest BCUT2D eigenvalue weighted by Crippen LogP contribution is 2.30. The van der Waals surface area contributed by atoms with Gasteiger partial charge in [0.15, 0.2) is 0 Å². The van der Waals surface area contributed by atoms with Crippen LogP contribution in [0.2, 0.25) is 0 Å². The van der Waals surface area contributed by atoms with Gasteiger partial charge in [-0.2, -0.15) is 0 Å². The third-order valence-corrected chi connectivity index (χ3v) is 6.20. The molecule has 28 heavy (non-hydrogen) atoms. The number of anilines is 1. The highest BCUT2D eigenvalue weighted by atomic mass is 32.2. The van der Waals surface area contributed by atoms with Crippen LogP contribution in [0.25, 0.3) is 0 Å². The number of pyridine rings is 1. The van der Waals surface area contributed by atoms with Crippen molar-refractivity contribution in [2.24, 2.45) is 5.92 Å². The highest BCUT2D eigenvalue weighted by Gasteiger charge is 2.39. The van der Waals surface area contributed by atoms with Crippen LogP contribution in [-0.4, -0.2) is 54.1 Å². The summed E-state index contributed by atoms with van der Waals surface area (Å²) in [4.78, 5) is 34.9. The number of thioether (sulfide) groups is 1. The van der Waals surface area contributed by atoms with E-state index in [1.54, 1.807) is 22.9 Å². The van der Waals surface area contributed by atoms with Gasteiger partial charge < -0.3 is 15.1 Å². The number of hydrogen-bond donors (Lipinski definition) is 1. The second kappa shape index (κ2) is 8.32. The number of amides is 2. The molecule has 1 N–H and O–H groups in total. The first-order valence-corrected chi connectivity index (χ1v) is 10.8. The average molecular weight is 397 g/mol. The van der Waals surface area contributed by atoms with Gasteiger partial charge in [-0.05, 0) is 42.2 Å². The molecule has 0 aliphatic carbocycles. The molecule has 0 bridgehead atoms. The number of nitrogens with one attached hydrogen (secondary N) is 1. The Bertz CT molecular complexity index is 843. The van der Waals surface area contributed by atoms with Crippen molar-refractivity contribution in [2.45, 2.75) is 17.4 Å². The zero-order valence-corrected chi connectivity index (χ0v) is 16.7. The molecule has 3 heterocycles. The lowest BCUT2D eigenvalue weighted by molar-refractivity contribution is -0.139. The summed E-state index contributed by atoms with van der Waals surface area (Å²) in [5.41, 5.74) is 1.89. The van der Waals surface area contributed by atoms with Gasteiger partial charge in [0.25, 0.3) is 0 Å². The summed E-state index contributed by atoms with van der Waals surface area (Å²) in [6.07, 6.45) is 5.85. The molecule has 2 fully saturated rings. The van der Waals surface area contributed by atoms with E-state index >= 15 is 0 Å². The molecular formula is C21H24N4O2S. The number of piperazine rings is 1. The van der Waals surface area contributed by atoms with Gasteiger partial charge in [0, 0.05) is 55.6 Å². The Hall–Kier alpha value is -2.38. The molecule has 2 saturated heterocycles. The molecular weight excluding hydrogens is 372 g/mol. The molecule has 0 saturated carbocycles. The first kappa shape index (κ1) is 19.0. The van der Waals surface area contributed by atoms with Crippen LogP contribution >= 0.6 is 11.8 Å². The summed E-state index contributed by atoms with van der Waals surface area (Å²) >= 11 is 1.67. The van der Waals surface area contributed by atoms with Crippen molar-refractivity contribution >= 4 is 29.3 Å². The predicted molar refractivity (Wildman–Crippen MR) is 110 cm³/mol. The summed E-state index contributed by atoms with van der Waals surface area (Å²) in [7, 11) is 0. The van der Waals surface area contributed by atoms with Gasteiger partial charge in [-0.25, -0.2) is 0 Å². The summed E-state index contributed by atoms with van der Waals surface area (Å²) in [5.74, 6) is -0.222. The normalized spacial score (nSPS) is 22.5. The molecule has 0 radical (unpaired) electrons. The van der Waals surface area contributed by atoms with Crippen molar-refractivity contribution < 1.29 is 9.59 Å². The van der Waals surface area contributed by atoms with E-state index in [1.165, 1.54) is 0 Å². The molecule has 2 aliphatic rings. The first-order valence-electron chi connectivity index (χ1n) is 9.53. The minimum absolute atomic E-state index is 0.0170. The third-order valence-electron chi connectivity index (χ3n) is 5.45. The van der Waals surface area contributed by atoms with E-state index < -0.39 is 0 Å². The summed E-state index contributed by atoms with van der Waals surface area (Å²) in [5, 5.41) is 3.36. The Balaban J connectivity index is 1.50. The van der Waals surface area contributed by atoms with Crippen LogP contribution in [0.1, 0.15) is 18.0 Å². The van der Waals surface area contributed by atoms with E-state index in [4.69, 9.17) is 0 Å². The minimum atomic E-state index is -0.301. The monoisotopic (exact) mass is 396 g/mol. The van der Waals surface area contributed by atoms with Crippen LogP contribution in [0.4, 0.5) is 5.69 Å². The molecule has 1 aromatic heterocycles. The van der Waals surface area contributed by atoms with Crippen LogP contribution in [0, 0.1) is 5.92 Å². The molecule has 0 spiro atoms. The predicted octanol–water partition coefficient (Wildman–Crippen LogP) is 2.33. The molecule has 2 unspecified atom stereocenters. The fourth-order valence-corrected chi connectivity index (χ4v) is 4.37. The van der Waals surface area contributed by atoms with E-state index in [-0.39, 0.29) is 30.2 Å². The Kier molecular flexibility index (Phi) is 5.64. The molecule has 4 rings (SSSR count). The lowest BCUT2D eigenvalue weighted by Gasteiger charge is -2.37. The van der Waals surface area contributed by atoms with E-state index in [9.17, 15) is 9.59 Å². The van der Waals surface area contributed by atoms with E-state index in [1.807, 2.05) is 53.8 Å².